The van der Waals surface area contributed by atoms with E-state index in [1.165, 1.54) is 15.9 Å². The van der Waals surface area contributed by atoms with Crippen molar-refractivity contribution < 1.29 is 0 Å². The Balaban J connectivity index is 2.19. The van der Waals surface area contributed by atoms with E-state index in [-0.39, 0.29) is 0 Å². The fourth-order valence-electron chi connectivity index (χ4n) is 8.04. The van der Waals surface area contributed by atoms with Crippen molar-refractivity contribution in [2.24, 2.45) is 0 Å². The second-order valence-corrected chi connectivity index (χ2v) is 45.5. The zero-order valence-electron chi connectivity index (χ0n) is 32.7. The van der Waals surface area contributed by atoms with E-state index < -0.39 is 51.9 Å². The van der Waals surface area contributed by atoms with Gasteiger partial charge in [0.15, 0.2) is 0 Å². The first-order valence-electron chi connectivity index (χ1n) is 17.1. The standard InChI is InChI=1S/C42H66As3P/c1-37(2,3)43(38(4,5)6)31-19-25-34(26-20-31)46(35-27-21-32(22-28-35)44(39(7,8)9)40(10,11)12)36-29-23-33(24-30-36)45(41(13,14)15)42(16,17)18/h19-30H,1-18H3. The third kappa shape index (κ3) is 9.93. The predicted molar refractivity (Wildman–Crippen MR) is 220 cm³/mol. The topological polar surface area (TPSA) is 0 Å². The van der Waals surface area contributed by atoms with Crippen LogP contribution < -0.4 is 29.0 Å². The van der Waals surface area contributed by atoms with Crippen molar-refractivity contribution in [3.8, 4) is 0 Å². The van der Waals surface area contributed by atoms with Crippen LogP contribution in [0.15, 0.2) is 72.8 Å². The summed E-state index contributed by atoms with van der Waals surface area (Å²) in [6.07, 6.45) is 0. The van der Waals surface area contributed by atoms with Crippen molar-refractivity contribution in [1.29, 1.82) is 0 Å². The number of hydrogen-bond acceptors (Lipinski definition) is 0. The summed E-state index contributed by atoms with van der Waals surface area (Å²) in [5, 5.41) is 4.41. The summed E-state index contributed by atoms with van der Waals surface area (Å²) < 4.78 is 6.84. The molecule has 0 amide bonds. The Bertz CT molecular complexity index is 1190. The van der Waals surface area contributed by atoms with Gasteiger partial charge in [0.25, 0.3) is 0 Å². The second-order valence-electron chi connectivity index (χ2n) is 18.9. The summed E-state index contributed by atoms with van der Waals surface area (Å²) in [6.45, 7) is 44.2. The van der Waals surface area contributed by atoms with Crippen LogP contribution in [0.4, 0.5) is 0 Å². The van der Waals surface area contributed by atoms with Crippen molar-refractivity contribution >= 4 is 80.8 Å². The van der Waals surface area contributed by atoms with E-state index in [0.29, 0.717) is 25.2 Å². The van der Waals surface area contributed by atoms with Crippen molar-refractivity contribution in [3.63, 3.8) is 0 Å². The summed E-state index contributed by atoms with van der Waals surface area (Å²) in [4.78, 5) is 0. The number of rotatable bonds is 6. The van der Waals surface area contributed by atoms with Gasteiger partial charge in [0.05, 0.1) is 0 Å². The van der Waals surface area contributed by atoms with Crippen LogP contribution in [0.25, 0.3) is 0 Å². The molecular weight excluding hydrogens is 760 g/mol. The molecule has 0 aliphatic carbocycles. The van der Waals surface area contributed by atoms with Crippen molar-refractivity contribution in [1.82, 2.24) is 0 Å². The molecule has 46 heavy (non-hydrogen) atoms. The molecular formula is C42H66As3P. The Morgan fingerprint density at radius 3 is 0.565 bits per heavy atom. The van der Waals surface area contributed by atoms with Gasteiger partial charge in [-0.15, -0.1) is 0 Å². The van der Waals surface area contributed by atoms with Crippen LogP contribution in [0.3, 0.4) is 0 Å². The van der Waals surface area contributed by atoms with Gasteiger partial charge in [0.1, 0.15) is 0 Å². The fourth-order valence-corrected chi connectivity index (χ4v) is 35.5. The molecule has 3 aromatic rings. The van der Waals surface area contributed by atoms with Crippen LogP contribution in [-0.4, -0.2) is 44.0 Å². The zero-order chi connectivity index (χ0) is 35.3. The van der Waals surface area contributed by atoms with Gasteiger partial charge in [0, 0.05) is 0 Å². The van der Waals surface area contributed by atoms with Gasteiger partial charge in [-0.2, -0.15) is 0 Å². The quantitative estimate of drug-likeness (QED) is 0.172. The molecule has 0 aromatic heterocycles. The predicted octanol–water partition coefficient (Wildman–Crippen LogP) is 10.4. The Morgan fingerprint density at radius 2 is 0.435 bits per heavy atom. The third-order valence-corrected chi connectivity index (χ3v) is 32.6. The Morgan fingerprint density at radius 1 is 0.283 bits per heavy atom. The minimum absolute atomic E-state index is 0.338. The van der Waals surface area contributed by atoms with E-state index in [9.17, 15) is 0 Å². The van der Waals surface area contributed by atoms with Crippen LogP contribution >= 0.6 is 7.92 Å². The van der Waals surface area contributed by atoms with Gasteiger partial charge in [-0.25, -0.2) is 0 Å². The molecule has 0 N–H and O–H groups in total. The van der Waals surface area contributed by atoms with Crippen LogP contribution in [0, 0.1) is 0 Å². The molecule has 254 valence electrons. The molecule has 0 aliphatic rings. The average Bonchev–Trinajstić information content (AvgIpc) is 2.82. The fraction of sp³-hybridized carbons (Fsp3) is 0.571. The molecule has 0 atom stereocenters. The van der Waals surface area contributed by atoms with Gasteiger partial charge in [-0.1, -0.05) is 0 Å². The van der Waals surface area contributed by atoms with E-state index in [4.69, 9.17) is 0 Å². The molecule has 0 saturated carbocycles. The van der Waals surface area contributed by atoms with E-state index in [1.807, 2.05) is 0 Å². The molecule has 0 unspecified atom stereocenters. The molecule has 0 aliphatic heterocycles. The summed E-state index contributed by atoms with van der Waals surface area (Å²) in [6, 6.07) is 30.0. The van der Waals surface area contributed by atoms with Crippen molar-refractivity contribution in [2.75, 3.05) is 0 Å². The van der Waals surface area contributed by atoms with Gasteiger partial charge >= 0.3 is 303 Å². The van der Waals surface area contributed by atoms with Crippen LogP contribution in [0.5, 0.6) is 0 Å². The van der Waals surface area contributed by atoms with E-state index in [1.54, 1.807) is 13.1 Å². The monoisotopic (exact) mass is 826 g/mol. The first-order valence-corrected chi connectivity index (χ1v) is 26.9. The number of hydrogen-bond donors (Lipinski definition) is 0. The van der Waals surface area contributed by atoms with Gasteiger partial charge in [-0.05, 0) is 0 Å². The van der Waals surface area contributed by atoms with Crippen molar-refractivity contribution in [2.45, 2.75) is 150 Å². The Kier molecular flexibility index (Phi) is 12.4. The normalized spacial score (nSPS) is 14.2. The first kappa shape index (κ1) is 40.2. The van der Waals surface area contributed by atoms with E-state index in [0.717, 1.165) is 0 Å². The second kappa shape index (κ2) is 14.2. The zero-order valence-corrected chi connectivity index (χ0v) is 39.2. The molecule has 0 heterocycles. The maximum absolute atomic E-state index is 2.51. The van der Waals surface area contributed by atoms with Crippen molar-refractivity contribution in [3.05, 3.63) is 72.8 Å². The average molecular weight is 827 g/mol. The third-order valence-electron chi connectivity index (χ3n) is 8.12. The summed E-state index contributed by atoms with van der Waals surface area (Å²) in [7, 11) is -0.661. The summed E-state index contributed by atoms with van der Waals surface area (Å²) in [5.41, 5.74) is 0. The molecule has 0 radical (unpaired) electrons. The maximum atomic E-state index is 2.51. The molecule has 0 fully saturated rings. The van der Waals surface area contributed by atoms with Crippen LogP contribution in [0.2, 0.25) is 25.2 Å². The molecule has 0 bridgehead atoms. The SMILES string of the molecule is CC(C)(C)[As](c1ccc(P(c2ccc([As](C(C)(C)C)C(C)(C)C)cc2)c2ccc([As](C(C)(C)C)C(C)(C)C)cc2)cc1)C(C)(C)C. The van der Waals surface area contributed by atoms with Gasteiger partial charge in [0.2, 0.25) is 0 Å². The summed E-state index contributed by atoms with van der Waals surface area (Å²) in [5.74, 6) is 0. The molecule has 3 rings (SSSR count). The molecule has 3 aromatic carbocycles. The van der Waals surface area contributed by atoms with Gasteiger partial charge < -0.3 is 0 Å². The van der Waals surface area contributed by atoms with Crippen LogP contribution in [0.1, 0.15) is 125 Å². The van der Waals surface area contributed by atoms with Gasteiger partial charge in [-0.3, -0.25) is 0 Å². The molecule has 0 saturated heterocycles. The Labute approximate surface area is 301 Å². The van der Waals surface area contributed by atoms with E-state index in [2.05, 4.69) is 197 Å². The molecule has 0 spiro atoms. The van der Waals surface area contributed by atoms with E-state index >= 15 is 0 Å². The number of benzene rings is 3. The summed E-state index contributed by atoms with van der Waals surface area (Å²) >= 11 is -4.02. The molecule has 0 nitrogen and oxygen atoms in total. The molecule has 4 heteroatoms. The van der Waals surface area contributed by atoms with Crippen LogP contribution in [-0.2, 0) is 0 Å². The Hall–Kier alpha value is -0.235. The first-order chi connectivity index (χ1) is 20.6. The minimum atomic E-state index is -1.34.